The largest absolute Gasteiger partial charge is 0.491 e. The fraction of sp³-hybridized carbons (Fsp3) is 0.400. The van der Waals surface area contributed by atoms with Gasteiger partial charge in [0.25, 0.3) is 0 Å². The van der Waals surface area contributed by atoms with Crippen molar-refractivity contribution in [1.29, 1.82) is 0 Å². The van der Waals surface area contributed by atoms with Gasteiger partial charge in [0.05, 0.1) is 10.2 Å². The van der Waals surface area contributed by atoms with E-state index in [0.717, 1.165) is 53.2 Å². The molecule has 0 spiro atoms. The summed E-state index contributed by atoms with van der Waals surface area (Å²) in [6.07, 6.45) is 4.71. The third-order valence-electron chi connectivity index (χ3n) is 5.87. The summed E-state index contributed by atoms with van der Waals surface area (Å²) < 4.78 is 12.2. The minimum absolute atomic E-state index is 0.141. The molecule has 1 aliphatic heterocycles. The van der Waals surface area contributed by atoms with Gasteiger partial charge >= 0.3 is 0 Å². The Labute approximate surface area is 218 Å². The van der Waals surface area contributed by atoms with Crippen LogP contribution in [0.2, 0.25) is 5.02 Å². The van der Waals surface area contributed by atoms with Crippen LogP contribution in [0.1, 0.15) is 12.8 Å². The smallest absolute Gasteiger partial charge is 0.162 e. The molecule has 1 atom stereocenters. The summed E-state index contributed by atoms with van der Waals surface area (Å²) >= 11 is 10.2. The summed E-state index contributed by atoms with van der Waals surface area (Å²) in [7, 11) is 3.83. The first-order valence-electron chi connectivity index (χ1n) is 11.5. The standard InChI is InChI=1S/C25H29BrClN5O3/c1-28-14-20(33)15-35-21-12-17(11-18(27)13-21)24-30-23(16-3-7-29-8-4-16)22(26)25(31-24)32(2)19-5-9-34-10-6-19/h3-4,7-8,11-13,19-20,28,33H,5-6,9-10,14-15H2,1-2H3. The number of nitrogens with one attached hydrogen (secondary N) is 1. The van der Waals surface area contributed by atoms with Crippen LogP contribution in [0.4, 0.5) is 5.82 Å². The molecule has 8 nitrogen and oxygen atoms in total. The number of hydrogen-bond donors (Lipinski definition) is 2. The number of ether oxygens (including phenoxy) is 2. The van der Waals surface area contributed by atoms with E-state index in [1.165, 1.54) is 0 Å². The molecule has 0 radical (unpaired) electrons. The van der Waals surface area contributed by atoms with Crippen molar-refractivity contribution in [3.8, 4) is 28.4 Å². The Morgan fingerprint density at radius 3 is 2.66 bits per heavy atom. The first-order valence-corrected chi connectivity index (χ1v) is 12.7. The van der Waals surface area contributed by atoms with Crippen LogP contribution < -0.4 is 15.0 Å². The average molecular weight is 563 g/mol. The van der Waals surface area contributed by atoms with Crippen molar-refractivity contribution in [3.05, 3.63) is 52.2 Å². The quantitative estimate of drug-likeness (QED) is 0.401. The maximum absolute atomic E-state index is 10.0. The molecule has 3 heterocycles. The molecule has 3 aromatic rings. The first-order chi connectivity index (χ1) is 17.0. The maximum atomic E-state index is 10.0. The van der Waals surface area contributed by atoms with E-state index in [0.29, 0.717) is 29.2 Å². The van der Waals surface area contributed by atoms with Crippen molar-refractivity contribution in [2.45, 2.75) is 25.0 Å². The van der Waals surface area contributed by atoms with Crippen molar-refractivity contribution in [2.24, 2.45) is 0 Å². The van der Waals surface area contributed by atoms with Crippen LogP contribution >= 0.6 is 27.5 Å². The highest BCUT2D eigenvalue weighted by atomic mass is 79.9. The molecular weight excluding hydrogens is 534 g/mol. The third-order valence-corrected chi connectivity index (χ3v) is 6.82. The molecule has 2 aromatic heterocycles. The van der Waals surface area contributed by atoms with E-state index in [2.05, 4.69) is 38.2 Å². The summed E-state index contributed by atoms with van der Waals surface area (Å²) in [5, 5.41) is 13.4. The first kappa shape index (κ1) is 25.8. The lowest BCUT2D eigenvalue weighted by Crippen LogP contribution is -2.37. The van der Waals surface area contributed by atoms with Crippen molar-refractivity contribution in [2.75, 3.05) is 45.4 Å². The fourth-order valence-corrected chi connectivity index (χ4v) is 4.92. The van der Waals surface area contributed by atoms with E-state index in [1.54, 1.807) is 25.5 Å². The molecular formula is C25H29BrClN5O3. The van der Waals surface area contributed by atoms with Gasteiger partial charge in [-0.25, -0.2) is 9.97 Å². The lowest BCUT2D eigenvalue weighted by atomic mass is 10.1. The van der Waals surface area contributed by atoms with Crippen molar-refractivity contribution >= 4 is 33.3 Å². The molecule has 0 saturated carbocycles. The Balaban J connectivity index is 1.75. The molecule has 0 amide bonds. The molecule has 1 unspecified atom stereocenters. The number of aromatic nitrogens is 3. The SMILES string of the molecule is CNCC(O)COc1cc(Cl)cc(-c2nc(-c3ccncc3)c(Br)c(N(C)C3CCOCC3)n2)c1. The second kappa shape index (κ2) is 12.1. The summed E-state index contributed by atoms with van der Waals surface area (Å²) in [5.74, 6) is 1.86. The maximum Gasteiger partial charge on any atom is 0.162 e. The number of aliphatic hydroxyl groups excluding tert-OH is 1. The monoisotopic (exact) mass is 561 g/mol. The van der Waals surface area contributed by atoms with E-state index in [-0.39, 0.29) is 6.61 Å². The Morgan fingerprint density at radius 2 is 1.94 bits per heavy atom. The molecule has 35 heavy (non-hydrogen) atoms. The van der Waals surface area contributed by atoms with Crippen molar-refractivity contribution in [1.82, 2.24) is 20.3 Å². The van der Waals surface area contributed by atoms with Crippen LogP contribution in [0.25, 0.3) is 22.6 Å². The molecule has 0 bridgehead atoms. The second-order valence-electron chi connectivity index (χ2n) is 8.42. The topological polar surface area (TPSA) is 92.6 Å². The van der Waals surface area contributed by atoms with Gasteiger partial charge in [0.2, 0.25) is 0 Å². The Kier molecular flexibility index (Phi) is 8.91. The minimum atomic E-state index is -0.635. The van der Waals surface area contributed by atoms with Gasteiger partial charge in [0, 0.05) is 61.4 Å². The van der Waals surface area contributed by atoms with Gasteiger partial charge in [0.1, 0.15) is 24.3 Å². The van der Waals surface area contributed by atoms with Gasteiger partial charge in [-0.1, -0.05) is 11.6 Å². The number of benzene rings is 1. The van der Waals surface area contributed by atoms with Crippen LogP contribution in [0.5, 0.6) is 5.75 Å². The van der Waals surface area contributed by atoms with Crippen molar-refractivity contribution in [3.63, 3.8) is 0 Å². The van der Waals surface area contributed by atoms with Gasteiger partial charge < -0.3 is 24.8 Å². The van der Waals surface area contributed by atoms with E-state index in [4.69, 9.17) is 31.0 Å². The van der Waals surface area contributed by atoms with Crippen molar-refractivity contribution < 1.29 is 14.6 Å². The van der Waals surface area contributed by atoms with Crippen LogP contribution in [-0.2, 0) is 4.74 Å². The number of pyridine rings is 1. The normalized spacial score (nSPS) is 15.1. The number of hydrogen-bond acceptors (Lipinski definition) is 8. The summed E-state index contributed by atoms with van der Waals surface area (Å²) in [4.78, 5) is 16.2. The molecule has 4 rings (SSSR count). The number of nitrogens with zero attached hydrogens (tertiary/aromatic N) is 4. The molecule has 2 N–H and O–H groups in total. The Bertz CT molecular complexity index is 1130. The molecule has 1 fully saturated rings. The van der Waals surface area contributed by atoms with E-state index < -0.39 is 6.10 Å². The van der Waals surface area contributed by atoms with Crippen LogP contribution in [0.15, 0.2) is 47.2 Å². The number of halogens is 2. The van der Waals surface area contributed by atoms with Crippen LogP contribution in [-0.4, -0.2) is 72.7 Å². The number of anilines is 1. The lowest BCUT2D eigenvalue weighted by molar-refractivity contribution is 0.0853. The molecule has 1 aromatic carbocycles. The number of rotatable bonds is 9. The predicted octanol–water partition coefficient (Wildman–Crippen LogP) is 4.20. The minimum Gasteiger partial charge on any atom is -0.491 e. The molecule has 10 heteroatoms. The van der Waals surface area contributed by atoms with Crippen LogP contribution in [0, 0.1) is 0 Å². The molecule has 0 aliphatic carbocycles. The van der Waals surface area contributed by atoms with E-state index >= 15 is 0 Å². The zero-order chi connectivity index (χ0) is 24.8. The zero-order valence-electron chi connectivity index (χ0n) is 19.7. The van der Waals surface area contributed by atoms with Crippen LogP contribution in [0.3, 0.4) is 0 Å². The Morgan fingerprint density at radius 1 is 1.20 bits per heavy atom. The second-order valence-corrected chi connectivity index (χ2v) is 9.65. The summed E-state index contributed by atoms with van der Waals surface area (Å²) in [5.41, 5.74) is 2.41. The molecule has 1 aliphatic rings. The van der Waals surface area contributed by atoms with Gasteiger partial charge in [0.15, 0.2) is 5.82 Å². The van der Waals surface area contributed by atoms with Gasteiger partial charge in [-0.05, 0) is 66.2 Å². The Hall–Kier alpha value is -2.30. The lowest BCUT2D eigenvalue weighted by Gasteiger charge is -2.33. The number of aliphatic hydroxyl groups is 1. The number of likely N-dealkylation sites (N-methyl/N-ethyl adjacent to an activating group) is 1. The van der Waals surface area contributed by atoms with E-state index in [9.17, 15) is 5.11 Å². The molecule has 186 valence electrons. The van der Waals surface area contributed by atoms with Gasteiger partial charge in [-0.2, -0.15) is 0 Å². The highest BCUT2D eigenvalue weighted by Crippen LogP contribution is 2.37. The highest BCUT2D eigenvalue weighted by molar-refractivity contribution is 9.10. The average Bonchev–Trinajstić information content (AvgIpc) is 2.88. The van der Waals surface area contributed by atoms with Gasteiger partial charge in [-0.15, -0.1) is 0 Å². The summed E-state index contributed by atoms with van der Waals surface area (Å²) in [6, 6.07) is 9.52. The zero-order valence-corrected chi connectivity index (χ0v) is 22.1. The van der Waals surface area contributed by atoms with Gasteiger partial charge in [-0.3, -0.25) is 4.98 Å². The molecule has 1 saturated heterocycles. The van der Waals surface area contributed by atoms with E-state index in [1.807, 2.05) is 24.3 Å². The fourth-order valence-electron chi connectivity index (χ4n) is 4.01. The predicted molar refractivity (Wildman–Crippen MR) is 141 cm³/mol. The third kappa shape index (κ3) is 6.48. The highest BCUT2D eigenvalue weighted by Gasteiger charge is 2.25. The summed E-state index contributed by atoms with van der Waals surface area (Å²) in [6.45, 7) is 2.04.